The van der Waals surface area contributed by atoms with E-state index < -0.39 is 0 Å². The highest BCUT2D eigenvalue weighted by Gasteiger charge is 2.32. The summed E-state index contributed by atoms with van der Waals surface area (Å²) in [7, 11) is 0. The molecule has 0 N–H and O–H groups in total. The van der Waals surface area contributed by atoms with Crippen LogP contribution in [0.3, 0.4) is 0 Å². The lowest BCUT2D eigenvalue weighted by Gasteiger charge is -2.22. The molecule has 4 rings (SSSR count). The molecule has 2 nitrogen and oxygen atoms in total. The van der Waals surface area contributed by atoms with Crippen LogP contribution in [0.2, 0.25) is 0 Å². The van der Waals surface area contributed by atoms with E-state index in [0.29, 0.717) is 5.92 Å². The first kappa shape index (κ1) is 18.5. The Labute approximate surface area is 167 Å². The normalized spacial score (nSPS) is 15.5. The minimum absolute atomic E-state index is 0.107. The first-order chi connectivity index (χ1) is 13.6. The van der Waals surface area contributed by atoms with E-state index in [4.69, 9.17) is 4.74 Å². The van der Waals surface area contributed by atoms with Crippen molar-refractivity contribution in [1.29, 1.82) is 0 Å². The van der Waals surface area contributed by atoms with E-state index in [-0.39, 0.29) is 11.9 Å². The number of fused-ring (bicyclic) bond motifs is 1. The number of hydrogen-bond donors (Lipinski definition) is 0. The van der Waals surface area contributed by atoms with E-state index in [1.54, 1.807) is 0 Å². The largest absolute Gasteiger partial charge is 0.426 e. The van der Waals surface area contributed by atoms with Crippen molar-refractivity contribution >= 4 is 5.97 Å². The van der Waals surface area contributed by atoms with Crippen molar-refractivity contribution in [3.05, 3.63) is 101 Å². The number of carbonyl (C=O) groups is 1. The number of rotatable bonds is 6. The van der Waals surface area contributed by atoms with Gasteiger partial charge in [0.05, 0.1) is 5.92 Å². The van der Waals surface area contributed by atoms with Gasteiger partial charge in [-0.05, 0) is 55.0 Å². The summed E-state index contributed by atoms with van der Waals surface area (Å²) in [4.78, 5) is 12.3. The number of benzene rings is 3. The van der Waals surface area contributed by atoms with Crippen molar-refractivity contribution in [2.45, 2.75) is 44.9 Å². The van der Waals surface area contributed by atoms with Crippen molar-refractivity contribution in [1.82, 2.24) is 0 Å². The Bertz CT molecular complexity index is 943. The predicted molar refractivity (Wildman–Crippen MR) is 113 cm³/mol. The maximum atomic E-state index is 12.3. The molecular formula is C26H26O2. The average molecular weight is 370 g/mol. The van der Waals surface area contributed by atoms with Gasteiger partial charge in [-0.3, -0.25) is 4.79 Å². The average Bonchev–Trinajstić information content (AvgIpc) is 3.02. The summed E-state index contributed by atoms with van der Waals surface area (Å²) >= 11 is 0. The number of carbonyl (C=O) groups excluding carboxylic acids is 1. The van der Waals surface area contributed by atoms with E-state index in [1.165, 1.54) is 22.3 Å². The van der Waals surface area contributed by atoms with Crippen molar-refractivity contribution in [3.8, 4) is 5.75 Å². The summed E-state index contributed by atoms with van der Waals surface area (Å²) in [6.07, 6.45) is 2.81. The topological polar surface area (TPSA) is 26.3 Å². The molecule has 1 heterocycles. The smallest absolute Gasteiger partial charge is 0.318 e. The molecule has 0 aliphatic carbocycles. The van der Waals surface area contributed by atoms with Gasteiger partial charge in [0.1, 0.15) is 5.75 Å². The Hall–Kier alpha value is -2.87. The van der Waals surface area contributed by atoms with Crippen molar-refractivity contribution < 1.29 is 9.53 Å². The molecule has 28 heavy (non-hydrogen) atoms. The summed E-state index contributed by atoms with van der Waals surface area (Å²) in [6, 6.07) is 25.1. The van der Waals surface area contributed by atoms with E-state index >= 15 is 0 Å². The monoisotopic (exact) mass is 370 g/mol. The molecular weight excluding hydrogens is 344 g/mol. The quantitative estimate of drug-likeness (QED) is 0.375. The summed E-state index contributed by atoms with van der Waals surface area (Å²) in [6.45, 7) is 4.37. The Morgan fingerprint density at radius 1 is 0.821 bits per heavy atom. The van der Waals surface area contributed by atoms with Crippen LogP contribution in [0.15, 0.2) is 72.8 Å². The van der Waals surface area contributed by atoms with Crippen molar-refractivity contribution in [2.24, 2.45) is 0 Å². The SMILES string of the molecule is Cc1ccccc1C(CCCC1C(=O)Oc2ccccc21)c1ccccc1C. The Balaban J connectivity index is 1.55. The van der Waals surface area contributed by atoms with Crippen LogP contribution in [0, 0.1) is 13.8 Å². The zero-order valence-corrected chi connectivity index (χ0v) is 16.5. The predicted octanol–water partition coefficient (Wildman–Crippen LogP) is 6.31. The first-order valence-corrected chi connectivity index (χ1v) is 10.1. The van der Waals surface area contributed by atoms with Crippen LogP contribution in [-0.2, 0) is 4.79 Å². The number of aryl methyl sites for hydroxylation is 2. The van der Waals surface area contributed by atoms with Crippen LogP contribution in [-0.4, -0.2) is 5.97 Å². The van der Waals surface area contributed by atoms with Crippen molar-refractivity contribution in [2.75, 3.05) is 0 Å². The Morgan fingerprint density at radius 2 is 1.39 bits per heavy atom. The van der Waals surface area contributed by atoms with Gasteiger partial charge in [-0.25, -0.2) is 0 Å². The zero-order valence-electron chi connectivity index (χ0n) is 16.5. The van der Waals surface area contributed by atoms with Gasteiger partial charge in [-0.2, -0.15) is 0 Å². The number of para-hydroxylation sites is 1. The summed E-state index contributed by atoms with van der Waals surface area (Å²) in [5.41, 5.74) is 6.44. The van der Waals surface area contributed by atoms with Gasteiger partial charge < -0.3 is 4.74 Å². The highest BCUT2D eigenvalue weighted by molar-refractivity contribution is 5.85. The summed E-state index contributed by atoms with van der Waals surface area (Å²) < 4.78 is 5.45. The standard InChI is InChI=1S/C26H26O2/c1-18-10-3-5-12-20(18)22(21-13-6-4-11-19(21)2)15-9-16-24-23-14-7-8-17-25(23)28-26(24)27/h3-8,10-14,17,22,24H,9,15-16H2,1-2H3. The third-order valence-corrected chi connectivity index (χ3v) is 5.90. The molecule has 3 aromatic rings. The molecule has 0 bridgehead atoms. The van der Waals surface area contributed by atoms with E-state index in [9.17, 15) is 4.79 Å². The van der Waals surface area contributed by atoms with Crippen LogP contribution < -0.4 is 4.74 Å². The second kappa shape index (κ2) is 8.02. The zero-order chi connectivity index (χ0) is 19.5. The van der Waals surface area contributed by atoms with Crippen LogP contribution in [0.4, 0.5) is 0 Å². The number of ether oxygens (including phenoxy) is 1. The summed E-state index contributed by atoms with van der Waals surface area (Å²) in [5, 5.41) is 0. The van der Waals surface area contributed by atoms with Gasteiger partial charge in [0.25, 0.3) is 0 Å². The van der Waals surface area contributed by atoms with Gasteiger partial charge in [-0.15, -0.1) is 0 Å². The molecule has 1 unspecified atom stereocenters. The molecule has 0 aromatic heterocycles. The molecule has 0 fully saturated rings. The number of hydrogen-bond acceptors (Lipinski definition) is 2. The fourth-order valence-corrected chi connectivity index (χ4v) is 4.40. The summed E-state index contributed by atoms with van der Waals surface area (Å²) in [5.74, 6) is 0.831. The van der Waals surface area contributed by atoms with Gasteiger partial charge in [0, 0.05) is 11.5 Å². The third kappa shape index (κ3) is 3.60. The lowest BCUT2D eigenvalue weighted by atomic mass is 9.82. The Kier molecular flexibility index (Phi) is 5.29. The molecule has 142 valence electrons. The second-order valence-electron chi connectivity index (χ2n) is 7.71. The second-order valence-corrected chi connectivity index (χ2v) is 7.71. The van der Waals surface area contributed by atoms with Gasteiger partial charge in [-0.1, -0.05) is 73.2 Å². The first-order valence-electron chi connectivity index (χ1n) is 10.1. The minimum Gasteiger partial charge on any atom is -0.426 e. The minimum atomic E-state index is -0.134. The lowest BCUT2D eigenvalue weighted by molar-refractivity contribution is -0.134. The van der Waals surface area contributed by atoms with Gasteiger partial charge >= 0.3 is 5.97 Å². The molecule has 0 saturated heterocycles. The molecule has 3 aromatic carbocycles. The van der Waals surface area contributed by atoms with Crippen LogP contribution >= 0.6 is 0 Å². The van der Waals surface area contributed by atoms with E-state index in [1.807, 2.05) is 24.3 Å². The van der Waals surface area contributed by atoms with Gasteiger partial charge in [0.2, 0.25) is 0 Å². The molecule has 2 heteroatoms. The molecule has 0 saturated carbocycles. The highest BCUT2D eigenvalue weighted by atomic mass is 16.5. The van der Waals surface area contributed by atoms with Crippen LogP contribution in [0.1, 0.15) is 58.9 Å². The fraction of sp³-hybridized carbons (Fsp3) is 0.269. The van der Waals surface area contributed by atoms with Crippen LogP contribution in [0.5, 0.6) is 5.75 Å². The maximum absolute atomic E-state index is 12.3. The third-order valence-electron chi connectivity index (χ3n) is 5.90. The molecule has 0 amide bonds. The lowest BCUT2D eigenvalue weighted by Crippen LogP contribution is -2.11. The molecule has 1 atom stereocenters. The Morgan fingerprint density at radius 3 is 2.04 bits per heavy atom. The van der Waals surface area contributed by atoms with Gasteiger partial charge in [0.15, 0.2) is 0 Å². The fourth-order valence-electron chi connectivity index (χ4n) is 4.40. The van der Waals surface area contributed by atoms with E-state index in [0.717, 1.165) is 30.6 Å². The molecule has 1 aliphatic rings. The molecule has 0 radical (unpaired) electrons. The maximum Gasteiger partial charge on any atom is 0.318 e. The number of esters is 1. The molecule has 0 spiro atoms. The highest BCUT2D eigenvalue weighted by Crippen LogP contribution is 2.39. The molecule has 1 aliphatic heterocycles. The van der Waals surface area contributed by atoms with Crippen LogP contribution in [0.25, 0.3) is 0 Å². The van der Waals surface area contributed by atoms with E-state index in [2.05, 4.69) is 62.4 Å². The van der Waals surface area contributed by atoms with Crippen molar-refractivity contribution in [3.63, 3.8) is 0 Å².